The predicted octanol–water partition coefficient (Wildman–Crippen LogP) is -2.87. The summed E-state index contributed by atoms with van der Waals surface area (Å²) in [6.45, 7) is 1.51. The Bertz CT molecular complexity index is 495. The highest BCUT2D eigenvalue weighted by molar-refractivity contribution is 5.93. The van der Waals surface area contributed by atoms with Gasteiger partial charge in [0.2, 0.25) is 17.7 Å². The molecule has 4 atom stereocenters. The summed E-state index contributed by atoms with van der Waals surface area (Å²) in [7, 11) is 0. The number of nitrogens with one attached hydrogen (secondary N) is 1. The molecule has 0 spiro atoms. The largest absolute Gasteiger partial charge is 0.480 e. The first-order chi connectivity index (χ1) is 10.6. The van der Waals surface area contributed by atoms with Crippen LogP contribution >= 0.6 is 0 Å². The van der Waals surface area contributed by atoms with Crippen molar-refractivity contribution >= 4 is 23.7 Å². The van der Waals surface area contributed by atoms with E-state index in [1.807, 2.05) is 0 Å². The van der Waals surface area contributed by atoms with E-state index in [4.69, 9.17) is 16.6 Å². The Morgan fingerprint density at radius 2 is 1.96 bits per heavy atom. The number of carboxylic acid groups (broad SMARTS) is 1. The van der Waals surface area contributed by atoms with Gasteiger partial charge in [-0.1, -0.05) is 0 Å². The Labute approximate surface area is 132 Å². The molecule has 0 aromatic heterocycles. The fourth-order valence-electron chi connectivity index (χ4n) is 2.46. The molecule has 0 aromatic carbocycles. The number of rotatable bonds is 7. The minimum atomic E-state index is -1.47. The van der Waals surface area contributed by atoms with Crippen molar-refractivity contribution in [3.63, 3.8) is 0 Å². The number of aliphatic hydroxyl groups is 1. The highest BCUT2D eigenvalue weighted by atomic mass is 16.4. The van der Waals surface area contributed by atoms with Gasteiger partial charge in [-0.05, 0) is 19.8 Å². The number of carbonyl (C=O) groups is 4. The van der Waals surface area contributed by atoms with Crippen LogP contribution < -0.4 is 16.8 Å². The van der Waals surface area contributed by atoms with Crippen LogP contribution in [0.4, 0.5) is 0 Å². The van der Waals surface area contributed by atoms with Crippen molar-refractivity contribution in [1.82, 2.24) is 10.2 Å². The molecule has 0 bridgehead atoms. The van der Waals surface area contributed by atoms with Crippen LogP contribution in [0, 0.1) is 0 Å². The number of hydrogen-bond donors (Lipinski definition) is 5. The van der Waals surface area contributed by atoms with Crippen LogP contribution in [-0.4, -0.2) is 69.6 Å². The third kappa shape index (κ3) is 4.89. The number of likely N-dealkylation sites (tertiary alicyclic amines) is 1. The van der Waals surface area contributed by atoms with Gasteiger partial charge in [0.15, 0.2) is 6.04 Å². The molecule has 1 fully saturated rings. The minimum absolute atomic E-state index is 0.274. The first-order valence-corrected chi connectivity index (χ1v) is 7.20. The summed E-state index contributed by atoms with van der Waals surface area (Å²) >= 11 is 0. The molecule has 1 rings (SSSR count). The Balaban J connectivity index is 2.77. The van der Waals surface area contributed by atoms with Gasteiger partial charge in [0.1, 0.15) is 6.04 Å². The second kappa shape index (κ2) is 7.88. The van der Waals surface area contributed by atoms with Crippen molar-refractivity contribution in [2.24, 2.45) is 11.5 Å². The van der Waals surface area contributed by atoms with Crippen molar-refractivity contribution in [2.75, 3.05) is 6.54 Å². The van der Waals surface area contributed by atoms with Crippen LogP contribution in [0.2, 0.25) is 0 Å². The number of carbonyl (C=O) groups excluding carboxylic acids is 3. The molecule has 1 saturated heterocycles. The number of hydrogen-bond acceptors (Lipinski definition) is 6. The van der Waals surface area contributed by atoms with E-state index in [0.717, 1.165) is 0 Å². The number of aliphatic carboxylic acids is 1. The van der Waals surface area contributed by atoms with E-state index in [1.54, 1.807) is 0 Å². The zero-order chi connectivity index (χ0) is 17.7. The quantitative estimate of drug-likeness (QED) is 0.333. The second-order valence-electron chi connectivity index (χ2n) is 5.53. The van der Waals surface area contributed by atoms with E-state index in [1.165, 1.54) is 11.8 Å². The zero-order valence-corrected chi connectivity index (χ0v) is 12.8. The molecule has 7 N–H and O–H groups in total. The van der Waals surface area contributed by atoms with E-state index in [2.05, 4.69) is 5.32 Å². The van der Waals surface area contributed by atoms with E-state index >= 15 is 0 Å². The Kier molecular flexibility index (Phi) is 6.46. The molecule has 0 aromatic rings. The Hall–Kier alpha value is -2.20. The van der Waals surface area contributed by atoms with Gasteiger partial charge in [-0.15, -0.1) is 0 Å². The van der Waals surface area contributed by atoms with Gasteiger partial charge in [-0.3, -0.25) is 14.4 Å². The van der Waals surface area contributed by atoms with Gasteiger partial charge in [0.25, 0.3) is 0 Å². The van der Waals surface area contributed by atoms with Gasteiger partial charge in [0, 0.05) is 6.54 Å². The van der Waals surface area contributed by atoms with E-state index in [9.17, 15) is 24.3 Å². The maximum absolute atomic E-state index is 12.2. The van der Waals surface area contributed by atoms with Crippen molar-refractivity contribution in [3.8, 4) is 0 Å². The molecule has 23 heavy (non-hydrogen) atoms. The number of amides is 3. The standard InChI is InChI=1S/C13H22N4O6/c1-6(18)10(13(22)23)16-11(20)8-3-2-4-17(8)12(21)7(14)5-9(15)19/h6-8,10,18H,2-5,14H2,1H3,(H2,15,19)(H,16,20)(H,22,23). The summed E-state index contributed by atoms with van der Waals surface area (Å²) in [6.07, 6.45) is -0.749. The number of aliphatic hydroxyl groups excluding tert-OH is 1. The second-order valence-corrected chi connectivity index (χ2v) is 5.53. The number of carboxylic acids is 1. The maximum atomic E-state index is 12.2. The fourth-order valence-corrected chi connectivity index (χ4v) is 2.46. The van der Waals surface area contributed by atoms with Gasteiger partial charge in [0.05, 0.1) is 18.6 Å². The van der Waals surface area contributed by atoms with Gasteiger partial charge >= 0.3 is 5.97 Å². The summed E-state index contributed by atoms with van der Waals surface area (Å²) in [5, 5.41) is 20.6. The lowest BCUT2D eigenvalue weighted by molar-refractivity contribution is -0.146. The molecule has 4 unspecified atom stereocenters. The first-order valence-electron chi connectivity index (χ1n) is 7.20. The summed E-state index contributed by atoms with van der Waals surface area (Å²) in [4.78, 5) is 47.5. The lowest BCUT2D eigenvalue weighted by Gasteiger charge is -2.28. The van der Waals surface area contributed by atoms with Crippen molar-refractivity contribution in [3.05, 3.63) is 0 Å². The molecule has 3 amide bonds. The number of primary amides is 1. The smallest absolute Gasteiger partial charge is 0.328 e. The van der Waals surface area contributed by atoms with E-state index in [-0.39, 0.29) is 13.0 Å². The Morgan fingerprint density at radius 3 is 2.43 bits per heavy atom. The molecule has 1 heterocycles. The van der Waals surface area contributed by atoms with Crippen molar-refractivity contribution in [2.45, 2.75) is 50.4 Å². The van der Waals surface area contributed by atoms with E-state index in [0.29, 0.717) is 12.8 Å². The topological polar surface area (TPSA) is 176 Å². The summed E-state index contributed by atoms with van der Waals surface area (Å²) in [6, 6.07) is -3.51. The lowest BCUT2D eigenvalue weighted by atomic mass is 10.1. The van der Waals surface area contributed by atoms with Crippen LogP contribution in [0.15, 0.2) is 0 Å². The SMILES string of the molecule is CC(O)C(NC(=O)C1CCCN1C(=O)C(N)CC(N)=O)C(=O)O. The summed E-state index contributed by atoms with van der Waals surface area (Å²) in [5.74, 6) is -3.39. The van der Waals surface area contributed by atoms with Crippen LogP contribution in [0.25, 0.3) is 0 Å². The van der Waals surface area contributed by atoms with Crippen molar-refractivity contribution in [1.29, 1.82) is 0 Å². The molecule has 10 nitrogen and oxygen atoms in total. The highest BCUT2D eigenvalue weighted by Crippen LogP contribution is 2.19. The normalized spacial score (nSPS) is 21.3. The molecular weight excluding hydrogens is 308 g/mol. The monoisotopic (exact) mass is 330 g/mol. The fraction of sp³-hybridized carbons (Fsp3) is 0.692. The van der Waals surface area contributed by atoms with Crippen LogP contribution in [0.5, 0.6) is 0 Å². The summed E-state index contributed by atoms with van der Waals surface area (Å²) in [5.41, 5.74) is 10.6. The van der Waals surface area contributed by atoms with Crippen molar-refractivity contribution < 1.29 is 29.4 Å². The van der Waals surface area contributed by atoms with E-state index < -0.39 is 47.9 Å². The van der Waals surface area contributed by atoms with Crippen LogP contribution in [0.3, 0.4) is 0 Å². The lowest BCUT2D eigenvalue weighted by Crippen LogP contribution is -2.56. The molecule has 0 saturated carbocycles. The third-order valence-electron chi connectivity index (χ3n) is 3.62. The molecule has 1 aliphatic rings. The average Bonchev–Trinajstić information content (AvgIpc) is 2.91. The van der Waals surface area contributed by atoms with Gasteiger partial charge in [-0.2, -0.15) is 0 Å². The molecule has 130 valence electrons. The molecule has 0 aliphatic carbocycles. The minimum Gasteiger partial charge on any atom is -0.480 e. The number of nitrogens with zero attached hydrogens (tertiary/aromatic N) is 1. The van der Waals surface area contributed by atoms with Crippen LogP contribution in [-0.2, 0) is 19.2 Å². The highest BCUT2D eigenvalue weighted by Gasteiger charge is 2.38. The number of nitrogens with two attached hydrogens (primary N) is 2. The molecule has 0 radical (unpaired) electrons. The zero-order valence-electron chi connectivity index (χ0n) is 12.8. The third-order valence-corrected chi connectivity index (χ3v) is 3.62. The maximum Gasteiger partial charge on any atom is 0.328 e. The molecule has 1 aliphatic heterocycles. The molecular formula is C13H22N4O6. The predicted molar refractivity (Wildman–Crippen MR) is 77.8 cm³/mol. The average molecular weight is 330 g/mol. The van der Waals surface area contributed by atoms with Crippen LogP contribution in [0.1, 0.15) is 26.2 Å². The molecule has 10 heteroatoms. The summed E-state index contributed by atoms with van der Waals surface area (Å²) < 4.78 is 0. The van der Waals surface area contributed by atoms with Gasteiger partial charge < -0.3 is 31.9 Å². The Morgan fingerprint density at radius 1 is 1.35 bits per heavy atom. The van der Waals surface area contributed by atoms with Gasteiger partial charge in [-0.25, -0.2) is 4.79 Å². The first kappa shape index (κ1) is 18.8.